The Kier molecular flexibility index (Phi) is 15.5. The van der Waals surface area contributed by atoms with Crippen LogP contribution in [0.4, 0.5) is 9.59 Å². The van der Waals surface area contributed by atoms with E-state index in [1.54, 1.807) is 75.4 Å². The predicted molar refractivity (Wildman–Crippen MR) is 207 cm³/mol. The van der Waals surface area contributed by atoms with Gasteiger partial charge in [-0.25, -0.2) is 14.4 Å². The molecule has 0 unspecified atom stereocenters. The van der Waals surface area contributed by atoms with Crippen LogP contribution in [0.1, 0.15) is 54.7 Å². The zero-order chi connectivity index (χ0) is 40.5. The molecular weight excluding hydrogens is 718 g/mol. The molecule has 0 aliphatic carbocycles. The highest BCUT2D eigenvalue weighted by atomic mass is 16.6. The van der Waals surface area contributed by atoms with Gasteiger partial charge in [0.25, 0.3) is 0 Å². The maximum absolute atomic E-state index is 13.5. The van der Waals surface area contributed by atoms with Gasteiger partial charge in [-0.1, -0.05) is 91.0 Å². The Morgan fingerprint density at radius 3 is 1.79 bits per heavy atom. The molecule has 4 aromatic carbocycles. The first-order valence-electron chi connectivity index (χ1n) is 18.0. The molecule has 0 saturated heterocycles. The predicted octanol–water partition coefficient (Wildman–Crippen LogP) is 4.57. The van der Waals surface area contributed by atoms with Crippen LogP contribution in [-0.4, -0.2) is 66.3 Å². The van der Waals surface area contributed by atoms with Crippen LogP contribution in [-0.2, 0) is 43.3 Å². The number of carbonyl (C=O) groups is 6. The van der Waals surface area contributed by atoms with Crippen molar-refractivity contribution in [3.8, 4) is 5.75 Å². The van der Waals surface area contributed by atoms with Gasteiger partial charge < -0.3 is 40.8 Å². The second-order valence-corrected chi connectivity index (χ2v) is 13.8. The second-order valence-electron chi connectivity index (χ2n) is 13.8. The lowest BCUT2D eigenvalue weighted by Gasteiger charge is -2.24. The summed E-state index contributed by atoms with van der Waals surface area (Å²) in [6, 6.07) is 30.9. The van der Waals surface area contributed by atoms with Crippen LogP contribution in [0.2, 0.25) is 0 Å². The molecule has 4 rings (SSSR count). The van der Waals surface area contributed by atoms with Crippen LogP contribution in [0, 0.1) is 0 Å². The largest absolute Gasteiger partial charge is 0.445 e. The van der Waals surface area contributed by atoms with E-state index in [2.05, 4.69) is 26.6 Å². The lowest BCUT2D eigenvalue weighted by molar-refractivity contribution is -0.130. The number of hydrogen-bond donors (Lipinski definition) is 5. The van der Waals surface area contributed by atoms with Crippen LogP contribution in [0.15, 0.2) is 115 Å². The molecule has 294 valence electrons. The van der Waals surface area contributed by atoms with Crippen molar-refractivity contribution in [3.05, 3.63) is 138 Å². The van der Waals surface area contributed by atoms with Gasteiger partial charge in [-0.05, 0) is 68.7 Å². The monoisotopic (exact) mass is 765 g/mol. The zero-order valence-electron chi connectivity index (χ0n) is 31.7. The molecule has 14 heteroatoms. The number of nitrogens with one attached hydrogen (secondary N) is 5. The summed E-state index contributed by atoms with van der Waals surface area (Å²) in [6.45, 7) is 6.02. The average molecular weight is 766 g/mol. The fourth-order valence-electron chi connectivity index (χ4n) is 5.17. The Morgan fingerprint density at radius 2 is 1.18 bits per heavy atom. The van der Waals surface area contributed by atoms with Crippen LogP contribution >= 0.6 is 0 Å². The third kappa shape index (κ3) is 15.0. The molecule has 0 aliphatic rings. The van der Waals surface area contributed by atoms with Gasteiger partial charge in [-0.2, -0.15) is 0 Å². The lowest BCUT2D eigenvalue weighted by Crippen LogP contribution is -2.55. The Hall–Kier alpha value is -6.70. The Balaban J connectivity index is 1.33. The summed E-state index contributed by atoms with van der Waals surface area (Å²) in [6.07, 6.45) is -2.22. The number of ether oxygens (including phenoxy) is 3. The van der Waals surface area contributed by atoms with Crippen molar-refractivity contribution < 1.29 is 43.0 Å². The van der Waals surface area contributed by atoms with Crippen molar-refractivity contribution in [1.82, 2.24) is 26.6 Å². The quantitative estimate of drug-likeness (QED) is 0.0618. The highest BCUT2D eigenvalue weighted by molar-refractivity contribution is 5.93. The first-order chi connectivity index (χ1) is 26.7. The molecule has 0 aromatic heterocycles. The van der Waals surface area contributed by atoms with E-state index >= 15 is 0 Å². The third-order valence-corrected chi connectivity index (χ3v) is 7.89. The maximum Gasteiger partial charge on any atom is 0.409 e. The molecule has 5 N–H and O–H groups in total. The molecule has 0 radical (unpaired) electrons. The van der Waals surface area contributed by atoms with E-state index in [9.17, 15) is 28.8 Å². The van der Waals surface area contributed by atoms with E-state index in [-0.39, 0.29) is 25.2 Å². The van der Waals surface area contributed by atoms with Crippen molar-refractivity contribution in [2.24, 2.45) is 0 Å². The van der Waals surface area contributed by atoms with Gasteiger partial charge in [-0.3, -0.25) is 14.4 Å². The van der Waals surface area contributed by atoms with Crippen LogP contribution in [0.25, 0.3) is 0 Å². The van der Waals surface area contributed by atoms with Crippen molar-refractivity contribution >= 4 is 35.9 Å². The topological polar surface area (TPSA) is 190 Å². The molecule has 56 heavy (non-hydrogen) atoms. The highest BCUT2D eigenvalue weighted by Gasteiger charge is 2.28. The van der Waals surface area contributed by atoms with E-state index in [0.29, 0.717) is 11.1 Å². The molecule has 3 atom stereocenters. The number of carbonyl (C=O) groups excluding carboxylic acids is 6. The smallest absolute Gasteiger partial charge is 0.409 e. The van der Waals surface area contributed by atoms with E-state index in [1.165, 1.54) is 6.92 Å². The minimum absolute atomic E-state index is 0.00167. The van der Waals surface area contributed by atoms with Crippen molar-refractivity contribution in [3.63, 3.8) is 0 Å². The Bertz CT molecular complexity index is 1920. The van der Waals surface area contributed by atoms with E-state index in [0.717, 1.165) is 11.1 Å². The molecule has 14 nitrogen and oxygen atoms in total. The molecule has 0 fully saturated rings. The standard InChI is InChI=1S/C42H47N5O9/c1-28(37(49)43-26-36(48)46-35(25-29-14-8-5-9-15-29)47-40(52)54-27-31-16-10-6-11-17-31)44-38(50)34(45-41(53)56-42(2,3)4)24-30-20-22-33(23-21-30)55-39(51)32-18-12-7-13-19-32/h5-23,28,34-35H,24-27H2,1-4H3,(H,43,49)(H,44,50)(H,45,53)(H,46,48)(H,47,52)/t28-,34-,35-/m1/s1. The number of benzene rings is 4. The summed E-state index contributed by atoms with van der Waals surface area (Å²) in [5, 5.41) is 13.0. The van der Waals surface area contributed by atoms with E-state index in [1.807, 2.05) is 60.7 Å². The molecule has 0 spiro atoms. The van der Waals surface area contributed by atoms with Gasteiger partial charge >= 0.3 is 18.2 Å². The summed E-state index contributed by atoms with van der Waals surface area (Å²) in [5.41, 5.74) is 1.77. The van der Waals surface area contributed by atoms with E-state index in [4.69, 9.17) is 14.2 Å². The number of alkyl carbamates (subject to hydrolysis) is 2. The maximum atomic E-state index is 13.5. The van der Waals surface area contributed by atoms with Gasteiger partial charge in [0, 0.05) is 12.8 Å². The highest BCUT2D eigenvalue weighted by Crippen LogP contribution is 2.16. The number of amides is 5. The minimum atomic E-state index is -1.17. The van der Waals surface area contributed by atoms with Gasteiger partial charge in [0.05, 0.1) is 12.1 Å². The second kappa shape index (κ2) is 20.7. The summed E-state index contributed by atoms with van der Waals surface area (Å²) < 4.78 is 16.1. The fourth-order valence-corrected chi connectivity index (χ4v) is 5.17. The van der Waals surface area contributed by atoms with Gasteiger partial charge in [0.1, 0.15) is 36.2 Å². The SMILES string of the molecule is C[C@@H](NC(=O)[C@@H](Cc1ccc(OC(=O)c2ccccc2)cc1)NC(=O)OC(C)(C)C)C(=O)NCC(=O)N[C@@H](Cc1ccccc1)NC(=O)OCc1ccccc1. The summed E-state index contributed by atoms with van der Waals surface area (Å²) in [4.78, 5) is 77.2. The van der Waals surface area contributed by atoms with Gasteiger partial charge in [-0.15, -0.1) is 0 Å². The molecule has 5 amide bonds. The molecule has 0 bridgehead atoms. The van der Waals surface area contributed by atoms with E-state index < -0.39 is 66.3 Å². The third-order valence-electron chi connectivity index (χ3n) is 7.89. The molecular formula is C42H47N5O9. The minimum Gasteiger partial charge on any atom is -0.445 e. The van der Waals surface area contributed by atoms with Gasteiger partial charge in [0.2, 0.25) is 17.7 Å². The van der Waals surface area contributed by atoms with Crippen molar-refractivity contribution in [2.45, 2.75) is 71.0 Å². The number of hydrogen-bond acceptors (Lipinski definition) is 9. The molecule has 0 aliphatic heterocycles. The van der Waals surface area contributed by atoms with Crippen LogP contribution in [0.5, 0.6) is 5.75 Å². The van der Waals surface area contributed by atoms with Crippen LogP contribution < -0.4 is 31.3 Å². The van der Waals surface area contributed by atoms with Gasteiger partial charge in [0.15, 0.2) is 0 Å². The van der Waals surface area contributed by atoms with Crippen LogP contribution in [0.3, 0.4) is 0 Å². The zero-order valence-corrected chi connectivity index (χ0v) is 31.7. The summed E-state index contributed by atoms with van der Waals surface area (Å²) in [7, 11) is 0. The van der Waals surface area contributed by atoms with Crippen molar-refractivity contribution in [1.29, 1.82) is 0 Å². The normalized spacial score (nSPS) is 12.4. The summed E-state index contributed by atoms with van der Waals surface area (Å²) in [5.74, 6) is -2.23. The molecule has 0 heterocycles. The Morgan fingerprint density at radius 1 is 0.607 bits per heavy atom. The average Bonchev–Trinajstić information content (AvgIpc) is 3.17. The Labute approximate surface area is 325 Å². The molecule has 4 aromatic rings. The first-order valence-corrected chi connectivity index (χ1v) is 18.0. The summed E-state index contributed by atoms with van der Waals surface area (Å²) >= 11 is 0. The first kappa shape index (κ1) is 42.0. The fraction of sp³-hybridized carbons (Fsp3) is 0.286. The lowest BCUT2D eigenvalue weighted by atomic mass is 10.0. The number of rotatable bonds is 16. The van der Waals surface area contributed by atoms with Crippen molar-refractivity contribution in [2.75, 3.05) is 6.54 Å². The number of esters is 1. The molecule has 0 saturated carbocycles.